The van der Waals surface area contributed by atoms with Gasteiger partial charge in [-0.2, -0.15) is 4.31 Å². The number of sulfonamides is 1. The van der Waals surface area contributed by atoms with Gasteiger partial charge in [-0.25, -0.2) is 13.4 Å². The summed E-state index contributed by atoms with van der Waals surface area (Å²) >= 11 is 0. The van der Waals surface area contributed by atoms with Gasteiger partial charge in [0.25, 0.3) is 10.0 Å². The summed E-state index contributed by atoms with van der Waals surface area (Å²) in [6, 6.07) is 0. The van der Waals surface area contributed by atoms with Crippen LogP contribution in [0.2, 0.25) is 0 Å². The maximum absolute atomic E-state index is 12.3. The Hall–Kier alpha value is -0.920. The first-order chi connectivity index (χ1) is 8.93. The third-order valence-corrected chi connectivity index (χ3v) is 4.72. The minimum absolute atomic E-state index is 0.144. The summed E-state index contributed by atoms with van der Waals surface area (Å²) in [5.74, 6) is 0.740. The Morgan fingerprint density at radius 2 is 2.16 bits per heavy atom. The molecule has 0 aliphatic heterocycles. The molecule has 0 fully saturated rings. The van der Waals surface area contributed by atoms with Crippen LogP contribution in [0.3, 0.4) is 0 Å². The molecular formula is C12H24N4O2S. The summed E-state index contributed by atoms with van der Waals surface area (Å²) in [5, 5.41) is 3.15. The summed E-state index contributed by atoms with van der Waals surface area (Å²) in [6.45, 7) is 5.96. The zero-order chi connectivity index (χ0) is 14.5. The summed E-state index contributed by atoms with van der Waals surface area (Å²) in [7, 11) is -0.0180. The van der Waals surface area contributed by atoms with Crippen molar-refractivity contribution in [3.05, 3.63) is 12.0 Å². The lowest BCUT2D eigenvalue weighted by Gasteiger charge is -2.15. The zero-order valence-corrected chi connectivity index (χ0v) is 13.0. The molecule has 0 aliphatic carbocycles. The standard InChI is InChI=1S/C12H24N4O2S/c1-5-8-16-10-12(14-11(16)2)19(17,18)15(4)9-6-7-13-3/h10,13H,5-9H2,1-4H3. The quantitative estimate of drug-likeness (QED) is 0.720. The van der Waals surface area contributed by atoms with Crippen LogP contribution in [0.4, 0.5) is 0 Å². The molecule has 1 rings (SSSR count). The molecule has 0 saturated heterocycles. The first kappa shape index (κ1) is 16.1. The predicted octanol–water partition coefficient (Wildman–Crippen LogP) is 0.832. The molecule has 110 valence electrons. The zero-order valence-electron chi connectivity index (χ0n) is 12.2. The smallest absolute Gasteiger partial charge is 0.261 e. The highest BCUT2D eigenvalue weighted by Gasteiger charge is 2.24. The van der Waals surface area contributed by atoms with Gasteiger partial charge in [-0.3, -0.25) is 0 Å². The molecular weight excluding hydrogens is 264 g/mol. The summed E-state index contributed by atoms with van der Waals surface area (Å²) in [5.41, 5.74) is 0. The molecule has 1 aromatic rings. The largest absolute Gasteiger partial charge is 0.334 e. The second kappa shape index (κ2) is 7.02. The van der Waals surface area contributed by atoms with E-state index in [4.69, 9.17) is 0 Å². The fourth-order valence-electron chi connectivity index (χ4n) is 1.83. The van der Waals surface area contributed by atoms with E-state index in [1.54, 1.807) is 13.2 Å². The van der Waals surface area contributed by atoms with Crippen LogP contribution in [0.15, 0.2) is 11.2 Å². The maximum Gasteiger partial charge on any atom is 0.261 e. The minimum Gasteiger partial charge on any atom is -0.334 e. The molecule has 0 bridgehead atoms. The number of aryl methyl sites for hydroxylation is 2. The van der Waals surface area contributed by atoms with Crippen LogP contribution in [0.25, 0.3) is 0 Å². The molecule has 7 heteroatoms. The second-order valence-electron chi connectivity index (χ2n) is 4.60. The topological polar surface area (TPSA) is 67.2 Å². The molecule has 1 heterocycles. The normalized spacial score (nSPS) is 12.3. The number of aromatic nitrogens is 2. The molecule has 0 atom stereocenters. The molecule has 6 nitrogen and oxygen atoms in total. The predicted molar refractivity (Wildman–Crippen MR) is 75.6 cm³/mol. The summed E-state index contributed by atoms with van der Waals surface area (Å²) in [6.07, 6.45) is 3.36. The number of imidazole rings is 1. The number of hydrogen-bond donors (Lipinski definition) is 1. The van der Waals surface area contributed by atoms with Crippen LogP contribution in [-0.4, -0.2) is 49.5 Å². The average molecular weight is 288 g/mol. The fourth-order valence-corrected chi connectivity index (χ4v) is 3.03. The Kier molecular flexibility index (Phi) is 5.96. The Labute approximate surface area is 115 Å². The summed E-state index contributed by atoms with van der Waals surface area (Å²) in [4.78, 5) is 4.17. The lowest BCUT2D eigenvalue weighted by Crippen LogP contribution is -2.29. The SMILES string of the molecule is CCCn1cc(S(=O)(=O)N(C)CCCNC)nc1C. The first-order valence-electron chi connectivity index (χ1n) is 6.58. The lowest BCUT2D eigenvalue weighted by molar-refractivity contribution is 0.456. The van der Waals surface area contributed by atoms with Gasteiger partial charge in [0, 0.05) is 26.3 Å². The van der Waals surface area contributed by atoms with Gasteiger partial charge in [0.15, 0.2) is 5.03 Å². The van der Waals surface area contributed by atoms with E-state index in [0.29, 0.717) is 6.54 Å². The minimum atomic E-state index is -3.47. The van der Waals surface area contributed by atoms with Crippen molar-refractivity contribution in [2.75, 3.05) is 27.2 Å². The maximum atomic E-state index is 12.3. The van der Waals surface area contributed by atoms with Crippen LogP contribution >= 0.6 is 0 Å². The molecule has 0 amide bonds. The first-order valence-corrected chi connectivity index (χ1v) is 8.02. The number of hydrogen-bond acceptors (Lipinski definition) is 4. The van der Waals surface area contributed by atoms with Crippen molar-refractivity contribution in [3.63, 3.8) is 0 Å². The van der Waals surface area contributed by atoms with Gasteiger partial charge >= 0.3 is 0 Å². The van der Waals surface area contributed by atoms with Crippen molar-refractivity contribution in [2.45, 2.75) is 38.3 Å². The van der Waals surface area contributed by atoms with Crippen LogP contribution in [-0.2, 0) is 16.6 Å². The van der Waals surface area contributed by atoms with Crippen molar-refractivity contribution < 1.29 is 8.42 Å². The highest BCUT2D eigenvalue weighted by Crippen LogP contribution is 2.14. The molecule has 0 unspecified atom stereocenters. The molecule has 0 spiro atoms. The van der Waals surface area contributed by atoms with Crippen LogP contribution < -0.4 is 5.32 Å². The van der Waals surface area contributed by atoms with Gasteiger partial charge in [-0.05, 0) is 33.4 Å². The van der Waals surface area contributed by atoms with E-state index in [9.17, 15) is 8.42 Å². The Bertz CT molecular complexity index is 496. The van der Waals surface area contributed by atoms with Gasteiger partial charge in [0.1, 0.15) is 5.82 Å². The highest BCUT2D eigenvalue weighted by molar-refractivity contribution is 7.89. The van der Waals surface area contributed by atoms with Crippen molar-refractivity contribution in [1.82, 2.24) is 19.2 Å². The van der Waals surface area contributed by atoms with E-state index < -0.39 is 10.0 Å². The van der Waals surface area contributed by atoms with Crippen LogP contribution in [0, 0.1) is 6.92 Å². The molecule has 1 aromatic heterocycles. The van der Waals surface area contributed by atoms with E-state index in [-0.39, 0.29) is 5.03 Å². The molecule has 1 N–H and O–H groups in total. The Morgan fingerprint density at radius 3 is 2.74 bits per heavy atom. The van der Waals surface area contributed by atoms with Crippen molar-refractivity contribution in [3.8, 4) is 0 Å². The Morgan fingerprint density at radius 1 is 1.47 bits per heavy atom. The molecule has 0 aromatic carbocycles. The van der Waals surface area contributed by atoms with E-state index in [2.05, 4.69) is 17.2 Å². The average Bonchev–Trinajstić information content (AvgIpc) is 2.72. The lowest BCUT2D eigenvalue weighted by atomic mass is 10.4. The highest BCUT2D eigenvalue weighted by atomic mass is 32.2. The van der Waals surface area contributed by atoms with Crippen LogP contribution in [0.1, 0.15) is 25.6 Å². The summed E-state index contributed by atoms with van der Waals surface area (Å²) < 4.78 is 27.9. The van der Waals surface area contributed by atoms with E-state index >= 15 is 0 Å². The van der Waals surface area contributed by atoms with Crippen molar-refractivity contribution in [1.29, 1.82) is 0 Å². The molecule has 0 saturated carbocycles. The molecule has 19 heavy (non-hydrogen) atoms. The van der Waals surface area contributed by atoms with Crippen molar-refractivity contribution >= 4 is 10.0 Å². The number of nitrogens with one attached hydrogen (secondary N) is 1. The van der Waals surface area contributed by atoms with Crippen molar-refractivity contribution in [2.24, 2.45) is 0 Å². The fraction of sp³-hybridized carbons (Fsp3) is 0.750. The van der Waals surface area contributed by atoms with Gasteiger partial charge in [0.05, 0.1) is 0 Å². The third kappa shape index (κ3) is 4.02. The van der Waals surface area contributed by atoms with Gasteiger partial charge in [0.2, 0.25) is 0 Å². The third-order valence-electron chi connectivity index (χ3n) is 2.99. The van der Waals surface area contributed by atoms with E-state index in [1.807, 2.05) is 18.5 Å². The number of nitrogens with zero attached hydrogens (tertiary/aromatic N) is 3. The number of rotatable bonds is 8. The Balaban J connectivity index is 2.84. The second-order valence-corrected chi connectivity index (χ2v) is 6.60. The van der Waals surface area contributed by atoms with E-state index in [0.717, 1.165) is 31.8 Å². The van der Waals surface area contributed by atoms with Gasteiger partial charge in [-0.1, -0.05) is 6.92 Å². The monoisotopic (exact) mass is 288 g/mol. The van der Waals surface area contributed by atoms with Gasteiger partial charge < -0.3 is 9.88 Å². The van der Waals surface area contributed by atoms with Gasteiger partial charge in [-0.15, -0.1) is 0 Å². The van der Waals surface area contributed by atoms with Crippen LogP contribution in [0.5, 0.6) is 0 Å². The van der Waals surface area contributed by atoms with E-state index in [1.165, 1.54) is 4.31 Å². The molecule has 0 radical (unpaired) electrons. The molecule has 0 aliphatic rings.